The standard InChI is InChI=1S/C49H33NOS/c1-49(2)39-18-7-5-14-37(39)45-40(49)19-10-20-41(45)50(42-21-11-23-44-46(42)38-15-6-8-22-43(38)52-44)32-27-24-31(25-28-32)34-16-9-17-35-36-29-26-30-12-3-4-13-33(30)48(36)51-47(34)35/h3-29H,1-2H3. The van der Waals surface area contributed by atoms with Gasteiger partial charge in [-0.2, -0.15) is 0 Å². The van der Waals surface area contributed by atoms with E-state index in [0.717, 1.165) is 44.1 Å². The summed E-state index contributed by atoms with van der Waals surface area (Å²) in [7, 11) is 0. The molecule has 0 fully saturated rings. The van der Waals surface area contributed by atoms with E-state index in [1.165, 1.54) is 59.2 Å². The fraction of sp³-hybridized carbons (Fsp3) is 0.0612. The minimum Gasteiger partial charge on any atom is -0.455 e. The van der Waals surface area contributed by atoms with Crippen LogP contribution < -0.4 is 4.90 Å². The number of furan rings is 1. The van der Waals surface area contributed by atoms with Crippen LogP contribution in [-0.2, 0) is 5.41 Å². The van der Waals surface area contributed by atoms with Gasteiger partial charge in [0.15, 0.2) is 0 Å². The van der Waals surface area contributed by atoms with Crippen molar-refractivity contribution in [3.05, 3.63) is 175 Å². The molecule has 0 bridgehead atoms. The second-order valence-corrected chi connectivity index (χ2v) is 15.5. The van der Waals surface area contributed by atoms with Crippen LogP contribution in [0.25, 0.3) is 75.1 Å². The maximum absolute atomic E-state index is 6.74. The normalized spacial score (nSPS) is 13.3. The van der Waals surface area contributed by atoms with Crippen molar-refractivity contribution in [2.45, 2.75) is 19.3 Å². The van der Waals surface area contributed by atoms with Crippen LogP contribution in [0.3, 0.4) is 0 Å². The molecular weight excluding hydrogens is 651 g/mol. The highest BCUT2D eigenvalue weighted by Crippen LogP contribution is 2.55. The Balaban J connectivity index is 1.14. The van der Waals surface area contributed by atoms with Gasteiger partial charge < -0.3 is 9.32 Å². The molecule has 0 saturated heterocycles. The molecule has 8 aromatic carbocycles. The summed E-state index contributed by atoms with van der Waals surface area (Å²) in [6.07, 6.45) is 0. The van der Waals surface area contributed by atoms with Crippen molar-refractivity contribution in [1.29, 1.82) is 0 Å². The maximum Gasteiger partial charge on any atom is 0.143 e. The van der Waals surface area contributed by atoms with E-state index in [0.29, 0.717) is 0 Å². The molecular formula is C49H33NOS. The van der Waals surface area contributed by atoms with Gasteiger partial charge in [-0.05, 0) is 70.1 Å². The minimum atomic E-state index is -0.102. The van der Waals surface area contributed by atoms with Crippen LogP contribution in [0.15, 0.2) is 168 Å². The summed E-state index contributed by atoms with van der Waals surface area (Å²) in [6, 6.07) is 59.8. The van der Waals surface area contributed by atoms with E-state index in [1.54, 1.807) is 0 Å². The monoisotopic (exact) mass is 683 g/mol. The molecule has 10 aromatic rings. The predicted molar refractivity (Wildman–Crippen MR) is 222 cm³/mol. The molecule has 0 saturated carbocycles. The van der Waals surface area contributed by atoms with Crippen LogP contribution in [0.4, 0.5) is 17.1 Å². The number of para-hydroxylation sites is 1. The molecule has 0 spiro atoms. The van der Waals surface area contributed by atoms with Gasteiger partial charge in [0.2, 0.25) is 0 Å². The average Bonchev–Trinajstić information content (AvgIpc) is 3.84. The zero-order chi connectivity index (χ0) is 34.6. The number of nitrogens with zero attached hydrogens (tertiary/aromatic N) is 1. The first kappa shape index (κ1) is 29.6. The third-order valence-corrected chi connectivity index (χ3v) is 12.4. The molecule has 1 aliphatic rings. The summed E-state index contributed by atoms with van der Waals surface area (Å²) in [4.78, 5) is 2.50. The van der Waals surface area contributed by atoms with Gasteiger partial charge >= 0.3 is 0 Å². The highest BCUT2D eigenvalue weighted by Gasteiger charge is 2.38. The Bertz CT molecular complexity index is 3050. The third-order valence-electron chi connectivity index (χ3n) is 11.3. The van der Waals surface area contributed by atoms with Crippen molar-refractivity contribution in [3.63, 3.8) is 0 Å². The molecule has 246 valence electrons. The quantitative estimate of drug-likeness (QED) is 0.184. The molecule has 11 rings (SSSR count). The van der Waals surface area contributed by atoms with Crippen LogP contribution in [0.5, 0.6) is 0 Å². The number of benzene rings is 8. The van der Waals surface area contributed by atoms with Crippen molar-refractivity contribution >= 4 is 81.3 Å². The lowest BCUT2D eigenvalue weighted by atomic mass is 9.82. The topological polar surface area (TPSA) is 16.4 Å². The van der Waals surface area contributed by atoms with E-state index >= 15 is 0 Å². The molecule has 0 atom stereocenters. The zero-order valence-corrected chi connectivity index (χ0v) is 29.7. The van der Waals surface area contributed by atoms with Gasteiger partial charge in [-0.25, -0.2) is 0 Å². The first-order valence-electron chi connectivity index (χ1n) is 17.9. The molecule has 52 heavy (non-hydrogen) atoms. The highest BCUT2D eigenvalue weighted by atomic mass is 32.1. The van der Waals surface area contributed by atoms with Crippen LogP contribution in [-0.4, -0.2) is 0 Å². The number of anilines is 3. The molecule has 0 unspecified atom stereocenters. The number of thiophene rings is 1. The van der Waals surface area contributed by atoms with E-state index in [-0.39, 0.29) is 5.41 Å². The Morgan fingerprint density at radius 1 is 0.481 bits per heavy atom. The van der Waals surface area contributed by atoms with Crippen LogP contribution in [0, 0.1) is 0 Å². The molecule has 0 radical (unpaired) electrons. The van der Waals surface area contributed by atoms with E-state index in [2.05, 4.69) is 183 Å². The molecule has 0 aliphatic heterocycles. The fourth-order valence-corrected chi connectivity index (χ4v) is 9.94. The van der Waals surface area contributed by atoms with E-state index in [4.69, 9.17) is 4.42 Å². The lowest BCUT2D eigenvalue weighted by Gasteiger charge is -2.29. The minimum absolute atomic E-state index is 0.102. The predicted octanol–water partition coefficient (Wildman–Crippen LogP) is 14.6. The van der Waals surface area contributed by atoms with Gasteiger partial charge in [-0.1, -0.05) is 135 Å². The largest absolute Gasteiger partial charge is 0.455 e. The summed E-state index contributed by atoms with van der Waals surface area (Å²) < 4.78 is 9.33. The molecule has 2 aromatic heterocycles. The lowest BCUT2D eigenvalue weighted by molar-refractivity contribution is 0.660. The van der Waals surface area contributed by atoms with Crippen LogP contribution in [0.1, 0.15) is 25.0 Å². The summed E-state index contributed by atoms with van der Waals surface area (Å²) in [5.74, 6) is 0. The summed E-state index contributed by atoms with van der Waals surface area (Å²) in [6.45, 7) is 4.71. The van der Waals surface area contributed by atoms with Gasteiger partial charge in [0.05, 0.1) is 11.4 Å². The Morgan fingerprint density at radius 3 is 2.04 bits per heavy atom. The van der Waals surface area contributed by atoms with Crippen LogP contribution in [0.2, 0.25) is 0 Å². The summed E-state index contributed by atoms with van der Waals surface area (Å²) in [5, 5.41) is 7.19. The van der Waals surface area contributed by atoms with E-state index in [9.17, 15) is 0 Å². The first-order valence-corrected chi connectivity index (χ1v) is 18.7. The summed E-state index contributed by atoms with van der Waals surface area (Å²) >= 11 is 1.86. The first-order chi connectivity index (χ1) is 25.6. The van der Waals surface area contributed by atoms with Crippen molar-refractivity contribution in [2.24, 2.45) is 0 Å². The molecule has 2 heterocycles. The number of rotatable bonds is 4. The fourth-order valence-electron chi connectivity index (χ4n) is 8.82. The van der Waals surface area contributed by atoms with Gasteiger partial charge in [0.1, 0.15) is 11.2 Å². The molecule has 1 aliphatic carbocycles. The lowest BCUT2D eigenvalue weighted by Crippen LogP contribution is -2.16. The SMILES string of the molecule is CC1(C)c2ccccc2-c2c(N(c3ccc(-c4cccc5c4oc4c6ccccc6ccc54)cc3)c3cccc4sc5ccccc5c34)cccc21. The number of hydrogen-bond donors (Lipinski definition) is 0. The molecule has 3 heteroatoms. The third kappa shape index (κ3) is 4.11. The van der Waals surface area contributed by atoms with Gasteiger partial charge in [0.25, 0.3) is 0 Å². The van der Waals surface area contributed by atoms with Crippen molar-refractivity contribution in [1.82, 2.24) is 0 Å². The molecule has 0 N–H and O–H groups in total. The average molecular weight is 684 g/mol. The van der Waals surface area contributed by atoms with Crippen molar-refractivity contribution in [2.75, 3.05) is 4.90 Å². The Hall–Kier alpha value is -6.16. The Morgan fingerprint density at radius 2 is 1.13 bits per heavy atom. The Labute approximate surface area is 305 Å². The molecule has 0 amide bonds. The maximum atomic E-state index is 6.74. The summed E-state index contributed by atoms with van der Waals surface area (Å²) in [5.41, 5.74) is 12.8. The second kappa shape index (κ2) is 10.9. The van der Waals surface area contributed by atoms with E-state index in [1.807, 2.05) is 11.3 Å². The van der Waals surface area contributed by atoms with Gasteiger partial charge in [0, 0.05) is 58.6 Å². The number of fused-ring (bicyclic) bond motifs is 11. The smallest absolute Gasteiger partial charge is 0.143 e. The zero-order valence-electron chi connectivity index (χ0n) is 28.9. The van der Waals surface area contributed by atoms with Crippen molar-refractivity contribution in [3.8, 4) is 22.3 Å². The second-order valence-electron chi connectivity index (χ2n) is 14.4. The van der Waals surface area contributed by atoms with E-state index < -0.39 is 0 Å². The van der Waals surface area contributed by atoms with Crippen LogP contribution >= 0.6 is 11.3 Å². The van der Waals surface area contributed by atoms with Gasteiger partial charge in [-0.3, -0.25) is 0 Å². The van der Waals surface area contributed by atoms with Crippen molar-refractivity contribution < 1.29 is 4.42 Å². The molecule has 2 nitrogen and oxygen atoms in total. The Kier molecular flexibility index (Phi) is 6.21. The van der Waals surface area contributed by atoms with Gasteiger partial charge in [-0.15, -0.1) is 11.3 Å². The highest BCUT2D eigenvalue weighted by molar-refractivity contribution is 7.26. The number of hydrogen-bond acceptors (Lipinski definition) is 3.